The van der Waals surface area contributed by atoms with E-state index in [1.165, 1.54) is 6.07 Å². The molecule has 17 heavy (non-hydrogen) atoms. The Bertz CT molecular complexity index is 413. The van der Waals surface area contributed by atoms with Crippen LogP contribution in [-0.4, -0.2) is 13.1 Å². The second-order valence-electron chi connectivity index (χ2n) is 3.61. The van der Waals surface area contributed by atoms with Gasteiger partial charge in [-0.25, -0.2) is 8.78 Å². The highest BCUT2D eigenvalue weighted by Crippen LogP contribution is 2.31. The van der Waals surface area contributed by atoms with E-state index in [0.29, 0.717) is 30.9 Å². The van der Waals surface area contributed by atoms with Crippen molar-refractivity contribution in [3.63, 3.8) is 0 Å². The number of benzene rings is 1. The van der Waals surface area contributed by atoms with Crippen molar-refractivity contribution in [1.82, 2.24) is 0 Å². The summed E-state index contributed by atoms with van der Waals surface area (Å²) in [6.45, 7) is 2.88. The lowest BCUT2D eigenvalue weighted by Gasteiger charge is -2.24. The number of hydrogen-bond donors (Lipinski definition) is 1. The molecule has 0 radical (unpaired) electrons. The van der Waals surface area contributed by atoms with Crippen LogP contribution in [0.25, 0.3) is 0 Å². The van der Waals surface area contributed by atoms with Gasteiger partial charge in [0.25, 0.3) is 6.43 Å². The molecule has 92 valence electrons. The van der Waals surface area contributed by atoms with Crippen LogP contribution in [0.2, 0.25) is 0 Å². The van der Waals surface area contributed by atoms with E-state index in [4.69, 9.17) is 11.0 Å². The van der Waals surface area contributed by atoms with Crippen molar-refractivity contribution < 1.29 is 8.78 Å². The summed E-state index contributed by atoms with van der Waals surface area (Å²) in [5, 5.41) is 8.54. The van der Waals surface area contributed by atoms with Crippen LogP contribution >= 0.6 is 0 Å². The Balaban J connectivity index is 3.05. The van der Waals surface area contributed by atoms with E-state index >= 15 is 0 Å². The number of nitrogens with two attached hydrogens (primary N) is 1. The van der Waals surface area contributed by atoms with Gasteiger partial charge in [0.1, 0.15) is 0 Å². The maximum atomic E-state index is 12.9. The van der Waals surface area contributed by atoms with Gasteiger partial charge in [0.05, 0.1) is 12.5 Å². The predicted octanol–water partition coefficient (Wildman–Crippen LogP) is 2.95. The molecule has 0 fully saturated rings. The molecule has 1 aromatic carbocycles. The summed E-state index contributed by atoms with van der Waals surface area (Å²) in [6.07, 6.45) is -2.26. The first-order chi connectivity index (χ1) is 8.10. The number of nitrogen functional groups attached to an aromatic ring is 1. The van der Waals surface area contributed by atoms with Crippen LogP contribution in [0.5, 0.6) is 0 Å². The Hall–Kier alpha value is -1.83. The maximum absolute atomic E-state index is 12.9. The zero-order valence-corrected chi connectivity index (χ0v) is 9.66. The van der Waals surface area contributed by atoms with E-state index in [1.807, 2.05) is 13.0 Å². The van der Waals surface area contributed by atoms with Crippen LogP contribution in [0.4, 0.5) is 20.2 Å². The van der Waals surface area contributed by atoms with Crippen LogP contribution in [0, 0.1) is 11.3 Å². The lowest BCUT2D eigenvalue weighted by atomic mass is 10.1. The van der Waals surface area contributed by atoms with Gasteiger partial charge in [0.2, 0.25) is 0 Å². The highest BCUT2D eigenvalue weighted by molar-refractivity contribution is 5.60. The molecule has 5 heteroatoms. The molecule has 0 saturated carbocycles. The summed E-state index contributed by atoms with van der Waals surface area (Å²) in [7, 11) is 0. The van der Waals surface area contributed by atoms with Crippen molar-refractivity contribution in [2.75, 3.05) is 23.7 Å². The second-order valence-corrected chi connectivity index (χ2v) is 3.61. The van der Waals surface area contributed by atoms with Crippen molar-refractivity contribution in [3.8, 4) is 6.07 Å². The molecule has 0 aliphatic carbocycles. The standard InChI is InChI=1S/C12H15F2N3/c1-2-17(7-3-6-15)11-5-4-9(16)8-10(11)12(13)14/h4-5,8,12H,2-3,7,16H2,1H3. The molecule has 1 rings (SSSR count). The molecule has 0 spiro atoms. The van der Waals surface area contributed by atoms with Crippen LogP contribution in [0.1, 0.15) is 25.3 Å². The first kappa shape index (κ1) is 13.2. The minimum atomic E-state index is -2.57. The van der Waals surface area contributed by atoms with Gasteiger partial charge in [0.15, 0.2) is 0 Å². The van der Waals surface area contributed by atoms with E-state index < -0.39 is 6.43 Å². The third kappa shape index (κ3) is 3.31. The van der Waals surface area contributed by atoms with Crippen LogP contribution in [0.15, 0.2) is 18.2 Å². The summed E-state index contributed by atoms with van der Waals surface area (Å²) in [5.41, 5.74) is 6.19. The third-order valence-corrected chi connectivity index (χ3v) is 2.50. The lowest BCUT2D eigenvalue weighted by Crippen LogP contribution is -2.25. The minimum Gasteiger partial charge on any atom is -0.399 e. The van der Waals surface area contributed by atoms with Gasteiger partial charge >= 0.3 is 0 Å². The van der Waals surface area contributed by atoms with Gasteiger partial charge in [-0.3, -0.25) is 0 Å². The molecule has 0 amide bonds. The Morgan fingerprint density at radius 3 is 2.71 bits per heavy atom. The largest absolute Gasteiger partial charge is 0.399 e. The number of nitrogens with zero attached hydrogens (tertiary/aromatic N) is 2. The Labute approximate surface area is 99.4 Å². The van der Waals surface area contributed by atoms with Crippen LogP contribution < -0.4 is 10.6 Å². The molecule has 0 saturated heterocycles. The molecule has 0 atom stereocenters. The van der Waals surface area contributed by atoms with Crippen molar-refractivity contribution in [1.29, 1.82) is 5.26 Å². The fraction of sp³-hybridized carbons (Fsp3) is 0.417. The van der Waals surface area contributed by atoms with Gasteiger partial charge in [-0.15, -0.1) is 0 Å². The van der Waals surface area contributed by atoms with Crippen molar-refractivity contribution in [2.45, 2.75) is 19.8 Å². The zero-order chi connectivity index (χ0) is 12.8. The second kappa shape index (κ2) is 6.04. The Morgan fingerprint density at radius 2 is 2.18 bits per heavy atom. The van der Waals surface area contributed by atoms with E-state index in [-0.39, 0.29) is 5.56 Å². The third-order valence-electron chi connectivity index (χ3n) is 2.50. The predicted molar refractivity (Wildman–Crippen MR) is 63.9 cm³/mol. The van der Waals surface area contributed by atoms with E-state index in [0.717, 1.165) is 0 Å². The number of halogens is 2. The fourth-order valence-electron chi connectivity index (χ4n) is 1.67. The maximum Gasteiger partial charge on any atom is 0.265 e. The first-order valence-corrected chi connectivity index (χ1v) is 5.39. The summed E-state index contributed by atoms with van der Waals surface area (Å²) in [4.78, 5) is 1.75. The highest BCUT2D eigenvalue weighted by Gasteiger charge is 2.17. The molecule has 0 heterocycles. The van der Waals surface area contributed by atoms with Crippen LogP contribution in [-0.2, 0) is 0 Å². The highest BCUT2D eigenvalue weighted by atomic mass is 19.3. The molecule has 0 bridgehead atoms. The SMILES string of the molecule is CCN(CCC#N)c1ccc(N)cc1C(F)F. The first-order valence-electron chi connectivity index (χ1n) is 5.39. The van der Waals surface area contributed by atoms with Crippen molar-refractivity contribution >= 4 is 11.4 Å². The Kier molecular flexibility index (Phi) is 4.70. The number of anilines is 2. The average molecular weight is 239 g/mol. The summed E-state index contributed by atoms with van der Waals surface area (Å²) < 4.78 is 25.8. The van der Waals surface area contributed by atoms with E-state index in [9.17, 15) is 8.78 Å². The molecular weight excluding hydrogens is 224 g/mol. The molecular formula is C12H15F2N3. The smallest absolute Gasteiger partial charge is 0.265 e. The molecule has 3 nitrogen and oxygen atoms in total. The van der Waals surface area contributed by atoms with E-state index in [2.05, 4.69) is 0 Å². The molecule has 0 aromatic heterocycles. The summed E-state index contributed by atoms with van der Waals surface area (Å²) in [6, 6.07) is 6.47. The number of hydrogen-bond acceptors (Lipinski definition) is 3. The van der Waals surface area contributed by atoms with Crippen molar-refractivity contribution in [2.24, 2.45) is 0 Å². The lowest BCUT2D eigenvalue weighted by molar-refractivity contribution is 0.152. The average Bonchev–Trinajstić information content (AvgIpc) is 2.31. The summed E-state index contributed by atoms with van der Waals surface area (Å²) >= 11 is 0. The van der Waals surface area contributed by atoms with Gasteiger partial charge in [-0.2, -0.15) is 5.26 Å². The van der Waals surface area contributed by atoms with Crippen molar-refractivity contribution in [3.05, 3.63) is 23.8 Å². The molecule has 0 aliphatic heterocycles. The topological polar surface area (TPSA) is 53.0 Å². The number of nitriles is 1. The quantitative estimate of drug-likeness (QED) is 0.804. The monoisotopic (exact) mass is 239 g/mol. The fourth-order valence-corrected chi connectivity index (χ4v) is 1.67. The Morgan fingerprint density at radius 1 is 1.47 bits per heavy atom. The van der Waals surface area contributed by atoms with Gasteiger partial charge in [0, 0.05) is 30.0 Å². The van der Waals surface area contributed by atoms with Gasteiger partial charge in [-0.05, 0) is 25.1 Å². The number of alkyl halides is 2. The zero-order valence-electron chi connectivity index (χ0n) is 9.66. The molecule has 0 aliphatic rings. The molecule has 1 aromatic rings. The molecule has 0 unspecified atom stereocenters. The van der Waals surface area contributed by atoms with Gasteiger partial charge in [-0.1, -0.05) is 0 Å². The van der Waals surface area contributed by atoms with Gasteiger partial charge < -0.3 is 10.6 Å². The number of rotatable bonds is 5. The summed E-state index contributed by atoms with van der Waals surface area (Å²) in [5.74, 6) is 0. The normalized spacial score (nSPS) is 10.3. The van der Waals surface area contributed by atoms with E-state index in [1.54, 1.807) is 17.0 Å². The molecule has 2 N–H and O–H groups in total. The van der Waals surface area contributed by atoms with Crippen LogP contribution in [0.3, 0.4) is 0 Å². The minimum absolute atomic E-state index is 0.0789.